The smallest absolute Gasteiger partial charge is 0.161 e. The van der Waals surface area contributed by atoms with Gasteiger partial charge in [-0.2, -0.15) is 0 Å². The minimum absolute atomic E-state index is 0.436. The quantitative estimate of drug-likeness (QED) is 0.361. The van der Waals surface area contributed by atoms with E-state index in [9.17, 15) is 0 Å². The number of alkyl halides is 6. The van der Waals surface area contributed by atoms with Crippen molar-refractivity contribution >= 4 is 95.6 Å². The predicted octanol–water partition coefficient (Wildman–Crippen LogP) is 5.67. The van der Waals surface area contributed by atoms with Gasteiger partial charge < -0.3 is 0 Å². The Morgan fingerprint density at radius 1 is 0.786 bits per heavy atom. The van der Waals surface area contributed by atoms with E-state index in [-0.39, 0.29) is 0 Å². The molecule has 0 bridgehead atoms. The van der Waals surface area contributed by atoms with Gasteiger partial charge in [0, 0.05) is 23.5 Å². The maximum Gasteiger partial charge on any atom is 0.161 e. The van der Waals surface area contributed by atoms with Crippen LogP contribution in [0.1, 0.15) is 11.1 Å². The molecule has 0 saturated heterocycles. The monoisotopic (exact) mass is 575 g/mol. The Morgan fingerprint density at radius 2 is 1.14 bits per heavy atom. The van der Waals surface area contributed by atoms with Gasteiger partial charge in [0.05, 0.1) is 0 Å². The Kier molecular flexibility index (Phi) is 5.16. The Bertz CT molecular complexity index is 296. The van der Waals surface area contributed by atoms with Crippen molar-refractivity contribution in [3.63, 3.8) is 0 Å². The summed E-state index contributed by atoms with van der Waals surface area (Å²) < 4.78 is -0.873. The Hall–Kier alpha value is 2.03. The summed E-state index contributed by atoms with van der Waals surface area (Å²) in [6.07, 6.45) is 3.53. The molecule has 0 amide bonds. The summed E-state index contributed by atoms with van der Waals surface area (Å²) in [5.74, 6) is 0. The number of hydrogen-bond donors (Lipinski definition) is 0. The largest absolute Gasteiger partial charge is 0.264 e. The molecule has 0 radical (unpaired) electrons. The van der Waals surface area contributed by atoms with Crippen LogP contribution >= 0.6 is 95.6 Å². The fourth-order valence-electron chi connectivity index (χ4n) is 0.750. The fraction of sp³-hybridized carbons (Fsp3) is 0.286. The number of pyridine rings is 1. The molecule has 0 saturated carbocycles. The van der Waals surface area contributed by atoms with Crippen molar-refractivity contribution in [2.75, 3.05) is 0 Å². The first kappa shape index (κ1) is 14.1. The van der Waals surface area contributed by atoms with Gasteiger partial charge in [-0.3, -0.25) is 4.98 Å². The second-order valence-electron chi connectivity index (χ2n) is 2.46. The second-order valence-corrected chi connectivity index (χ2v) is 16.0. The van der Waals surface area contributed by atoms with E-state index in [2.05, 4.69) is 101 Å². The summed E-state index contributed by atoms with van der Waals surface area (Å²) in [6, 6.07) is 1.99. The van der Waals surface area contributed by atoms with Gasteiger partial charge in [0.15, 0.2) is 4.29 Å². The van der Waals surface area contributed by atoms with Gasteiger partial charge in [-0.1, -0.05) is 95.6 Å². The van der Waals surface area contributed by atoms with Crippen LogP contribution in [0.15, 0.2) is 18.5 Å². The maximum absolute atomic E-state index is 4.14. The van der Waals surface area contributed by atoms with E-state index < -0.39 is 4.29 Å². The zero-order chi connectivity index (χ0) is 11.0. The summed E-state index contributed by atoms with van der Waals surface area (Å²) in [5.41, 5.74) is 1.94. The average Bonchev–Trinajstić information content (AvgIpc) is 2.01. The van der Waals surface area contributed by atoms with E-state index >= 15 is 0 Å². The molecule has 0 unspecified atom stereocenters. The summed E-state index contributed by atoms with van der Waals surface area (Å²) in [5, 5.41) is 0. The molecule has 0 aliphatic heterocycles. The lowest BCUT2D eigenvalue weighted by atomic mass is 10.2. The second kappa shape index (κ2) is 5.12. The Morgan fingerprint density at radius 3 is 1.43 bits per heavy atom. The van der Waals surface area contributed by atoms with E-state index in [1.165, 1.54) is 0 Å². The molecule has 0 N–H and O–H groups in total. The molecule has 1 rings (SSSR count). The summed E-state index contributed by atoms with van der Waals surface area (Å²) in [4.78, 5) is 4.14. The van der Waals surface area contributed by atoms with Crippen LogP contribution in [0.3, 0.4) is 0 Å². The number of hydrogen-bond acceptors (Lipinski definition) is 1. The van der Waals surface area contributed by atoms with Crippen molar-refractivity contribution in [3.8, 4) is 0 Å². The Labute approximate surface area is 133 Å². The van der Waals surface area contributed by atoms with Crippen LogP contribution in [0, 0.1) is 0 Å². The molecule has 0 aliphatic rings. The van der Waals surface area contributed by atoms with Gasteiger partial charge in [-0.25, -0.2) is 0 Å². The molecule has 14 heavy (non-hydrogen) atoms. The summed E-state index contributed by atoms with van der Waals surface area (Å²) in [6.45, 7) is 0. The molecule has 0 spiro atoms. The van der Waals surface area contributed by atoms with E-state index in [4.69, 9.17) is 0 Å². The molecule has 0 atom stereocenters. The van der Waals surface area contributed by atoms with Gasteiger partial charge in [0.1, 0.15) is 0 Å². The zero-order valence-corrected chi connectivity index (χ0v) is 16.0. The third kappa shape index (κ3) is 4.13. The number of halogens is 6. The van der Waals surface area contributed by atoms with Crippen LogP contribution in [0.4, 0.5) is 0 Å². The molecule has 7 heteroatoms. The molecule has 1 aromatic rings. The lowest BCUT2D eigenvalue weighted by Crippen LogP contribution is -2.04. The predicted molar refractivity (Wildman–Crippen MR) is 81.2 cm³/mol. The first-order valence-corrected chi connectivity index (χ1v) is 8.06. The van der Waals surface area contributed by atoms with Crippen LogP contribution in [0.5, 0.6) is 0 Å². The molecule has 1 nitrogen and oxygen atoms in total. The van der Waals surface area contributed by atoms with E-state index in [1.54, 1.807) is 12.4 Å². The first-order chi connectivity index (χ1) is 6.21. The van der Waals surface area contributed by atoms with Crippen molar-refractivity contribution in [3.05, 3.63) is 29.6 Å². The lowest BCUT2D eigenvalue weighted by Gasteiger charge is -2.17. The number of aromatic nitrogens is 1. The normalized spacial score (nSPS) is 13.0. The molecule has 0 aliphatic carbocycles. The van der Waals surface area contributed by atoms with Gasteiger partial charge in [-0.15, -0.1) is 0 Å². The summed E-state index contributed by atoms with van der Waals surface area (Å²) >= 11 is 20.6. The van der Waals surface area contributed by atoms with Crippen molar-refractivity contribution in [1.29, 1.82) is 0 Å². The van der Waals surface area contributed by atoms with Crippen LogP contribution in [-0.4, -0.2) is 4.98 Å². The zero-order valence-electron chi connectivity index (χ0n) is 6.45. The fourth-order valence-corrected chi connectivity index (χ4v) is 2.05. The third-order valence-corrected chi connectivity index (χ3v) is 4.14. The van der Waals surface area contributed by atoms with E-state index in [1.807, 2.05) is 6.07 Å². The van der Waals surface area contributed by atoms with Gasteiger partial charge in [0.25, 0.3) is 0 Å². The van der Waals surface area contributed by atoms with Crippen molar-refractivity contribution < 1.29 is 0 Å². The van der Waals surface area contributed by atoms with Crippen molar-refractivity contribution in [2.24, 2.45) is 0 Å². The van der Waals surface area contributed by atoms with Crippen LogP contribution in [0.2, 0.25) is 0 Å². The lowest BCUT2D eigenvalue weighted by molar-refractivity contribution is 1.17. The van der Waals surface area contributed by atoms with Gasteiger partial charge in [0.2, 0.25) is 0 Å². The third-order valence-electron chi connectivity index (χ3n) is 1.39. The number of nitrogens with zero attached hydrogens (tertiary/aromatic N) is 1. The summed E-state index contributed by atoms with van der Waals surface area (Å²) in [7, 11) is 0. The molecule has 78 valence electrons. The maximum atomic E-state index is 4.14. The first-order valence-electron chi connectivity index (χ1n) is 3.30. The standard InChI is InChI=1S/C7H3Br6N/c8-6(9,10)4-1-5(3-14-2-4)7(11,12)13/h1-3H. The average molecular weight is 581 g/mol. The van der Waals surface area contributed by atoms with Crippen LogP contribution in [0.25, 0.3) is 0 Å². The van der Waals surface area contributed by atoms with Gasteiger partial charge in [-0.05, 0) is 6.07 Å². The molecule has 0 fully saturated rings. The van der Waals surface area contributed by atoms with Crippen LogP contribution in [-0.2, 0) is 4.29 Å². The highest BCUT2D eigenvalue weighted by Crippen LogP contribution is 2.48. The molecule has 1 aromatic heterocycles. The van der Waals surface area contributed by atoms with E-state index in [0.717, 1.165) is 11.1 Å². The minimum Gasteiger partial charge on any atom is -0.264 e. The highest BCUT2D eigenvalue weighted by atomic mass is 80.0. The highest BCUT2D eigenvalue weighted by Gasteiger charge is 2.26. The molecular weight excluding hydrogens is 578 g/mol. The highest BCUT2D eigenvalue weighted by molar-refractivity contribution is 9.39. The van der Waals surface area contributed by atoms with Crippen molar-refractivity contribution in [2.45, 2.75) is 4.29 Å². The van der Waals surface area contributed by atoms with Crippen LogP contribution < -0.4 is 0 Å². The molecule has 0 aromatic carbocycles. The SMILES string of the molecule is BrC(Br)(Br)c1cncc(C(Br)(Br)Br)c1. The van der Waals surface area contributed by atoms with Gasteiger partial charge >= 0.3 is 0 Å². The molecule has 1 heterocycles. The number of rotatable bonds is 0. The van der Waals surface area contributed by atoms with E-state index in [0.29, 0.717) is 0 Å². The topological polar surface area (TPSA) is 12.9 Å². The minimum atomic E-state index is -0.436. The van der Waals surface area contributed by atoms with Crippen molar-refractivity contribution in [1.82, 2.24) is 4.98 Å². The molecular formula is C7H3Br6N. The Balaban J connectivity index is 3.15.